The molecule has 1 unspecified atom stereocenters. The maximum atomic E-state index is 13.0. The molecule has 0 bridgehead atoms. The molecule has 0 spiro atoms. The molecule has 1 heterocycles. The zero-order valence-electron chi connectivity index (χ0n) is 17.6. The van der Waals surface area contributed by atoms with Gasteiger partial charge >= 0.3 is 5.97 Å². The average Bonchev–Trinajstić information content (AvgIpc) is 3.31. The monoisotopic (exact) mass is 426 g/mol. The highest BCUT2D eigenvalue weighted by Crippen LogP contribution is 2.24. The summed E-state index contributed by atoms with van der Waals surface area (Å²) in [5.41, 5.74) is 3.08. The molecule has 0 saturated carbocycles. The third-order valence-electron chi connectivity index (χ3n) is 4.97. The summed E-state index contributed by atoms with van der Waals surface area (Å²) in [6, 6.07) is 25.5. The van der Waals surface area contributed by atoms with Crippen molar-refractivity contribution >= 4 is 11.8 Å². The molecule has 160 valence electrons. The fraction of sp³-hybridized carbons (Fsp3) is 0.154. The number of carbonyl (C=O) groups excluding carboxylic acids is 2. The number of esters is 1. The first-order chi connectivity index (χ1) is 15.6. The lowest BCUT2D eigenvalue weighted by molar-refractivity contribution is -0.147. The highest BCUT2D eigenvalue weighted by Gasteiger charge is 2.26. The van der Waals surface area contributed by atoms with Crippen LogP contribution in [0.2, 0.25) is 0 Å². The molecule has 3 aromatic carbocycles. The topological polar surface area (TPSA) is 82.3 Å². The number of nitrogens with zero attached hydrogens (tertiary/aromatic N) is 2. The number of ketones is 1. The van der Waals surface area contributed by atoms with Crippen LogP contribution in [-0.2, 0) is 16.0 Å². The van der Waals surface area contributed by atoms with E-state index in [0.717, 1.165) is 11.1 Å². The number of carbonyl (C=O) groups is 2. The van der Waals surface area contributed by atoms with Gasteiger partial charge in [0.2, 0.25) is 17.5 Å². The van der Waals surface area contributed by atoms with Crippen molar-refractivity contribution < 1.29 is 18.8 Å². The van der Waals surface area contributed by atoms with Gasteiger partial charge < -0.3 is 9.26 Å². The molecule has 0 saturated heterocycles. The van der Waals surface area contributed by atoms with Crippen LogP contribution >= 0.6 is 0 Å². The summed E-state index contributed by atoms with van der Waals surface area (Å²) in [5.74, 6) is 0.0146. The van der Waals surface area contributed by atoms with E-state index in [4.69, 9.17) is 9.26 Å². The minimum atomic E-state index is -1.02. The fourth-order valence-electron chi connectivity index (χ4n) is 3.23. The Labute approximate surface area is 185 Å². The van der Waals surface area contributed by atoms with Crippen LogP contribution < -0.4 is 0 Å². The summed E-state index contributed by atoms with van der Waals surface area (Å²) in [6.45, 7) is 2.00. The second-order valence-electron chi connectivity index (χ2n) is 7.39. The first kappa shape index (κ1) is 21.2. The van der Waals surface area contributed by atoms with Crippen molar-refractivity contribution in [3.05, 3.63) is 108 Å². The number of ether oxygens (including phenoxy) is 1. The molecule has 0 fully saturated rings. The van der Waals surface area contributed by atoms with Gasteiger partial charge in [-0.15, -0.1) is 0 Å². The smallest absolute Gasteiger partial charge is 0.307 e. The number of Topliss-reactive ketones (excluding diaryl/α,β-unsaturated/α-hetero) is 1. The number of hydrogen-bond donors (Lipinski definition) is 0. The van der Waals surface area contributed by atoms with Gasteiger partial charge in [-0.1, -0.05) is 95.6 Å². The Hall–Kier alpha value is -4.06. The molecule has 0 aliphatic rings. The molecular formula is C26H22N2O4. The summed E-state index contributed by atoms with van der Waals surface area (Å²) in [6.07, 6.45) is -0.781. The molecular weight excluding hydrogens is 404 g/mol. The normalized spacial score (nSPS) is 11.7. The molecule has 0 N–H and O–H groups in total. The van der Waals surface area contributed by atoms with Crippen LogP contribution in [0.15, 0.2) is 89.5 Å². The Kier molecular flexibility index (Phi) is 6.51. The number of benzene rings is 3. The van der Waals surface area contributed by atoms with Crippen LogP contribution in [0.3, 0.4) is 0 Å². The van der Waals surface area contributed by atoms with Gasteiger partial charge in [-0.05, 0) is 6.92 Å². The van der Waals surface area contributed by atoms with E-state index >= 15 is 0 Å². The van der Waals surface area contributed by atoms with Gasteiger partial charge in [0.1, 0.15) is 0 Å². The van der Waals surface area contributed by atoms with Crippen molar-refractivity contribution in [2.75, 3.05) is 0 Å². The van der Waals surface area contributed by atoms with E-state index in [-0.39, 0.29) is 18.6 Å². The number of hydrogen-bond acceptors (Lipinski definition) is 6. The zero-order chi connectivity index (χ0) is 22.3. The third-order valence-corrected chi connectivity index (χ3v) is 4.97. The summed E-state index contributed by atoms with van der Waals surface area (Å²) in [5, 5.41) is 3.98. The molecule has 0 amide bonds. The van der Waals surface area contributed by atoms with Crippen LogP contribution in [0, 0.1) is 6.92 Å². The van der Waals surface area contributed by atoms with Gasteiger partial charge in [0.15, 0.2) is 6.10 Å². The van der Waals surface area contributed by atoms with Gasteiger partial charge in [0.25, 0.3) is 0 Å². The first-order valence-corrected chi connectivity index (χ1v) is 10.3. The van der Waals surface area contributed by atoms with Crippen LogP contribution in [0.1, 0.15) is 39.9 Å². The van der Waals surface area contributed by atoms with E-state index in [1.807, 2.05) is 43.3 Å². The largest absolute Gasteiger partial charge is 0.449 e. The van der Waals surface area contributed by atoms with Crippen molar-refractivity contribution in [3.63, 3.8) is 0 Å². The van der Waals surface area contributed by atoms with Gasteiger partial charge in [0.05, 0.1) is 6.42 Å². The Bertz CT molecular complexity index is 1190. The third kappa shape index (κ3) is 5.16. The van der Waals surface area contributed by atoms with E-state index < -0.39 is 12.1 Å². The van der Waals surface area contributed by atoms with Gasteiger partial charge in [-0.2, -0.15) is 4.98 Å². The maximum absolute atomic E-state index is 13.0. The van der Waals surface area contributed by atoms with Crippen molar-refractivity contribution in [3.8, 4) is 11.4 Å². The van der Waals surface area contributed by atoms with Crippen LogP contribution in [0.25, 0.3) is 11.4 Å². The second kappa shape index (κ2) is 9.83. The molecule has 1 atom stereocenters. The van der Waals surface area contributed by atoms with Gasteiger partial charge in [-0.3, -0.25) is 9.59 Å². The second-order valence-corrected chi connectivity index (χ2v) is 7.39. The predicted molar refractivity (Wildman–Crippen MR) is 119 cm³/mol. The lowest BCUT2D eigenvalue weighted by Gasteiger charge is -2.17. The molecule has 6 heteroatoms. The Balaban J connectivity index is 1.43. The Morgan fingerprint density at radius 3 is 2.25 bits per heavy atom. The van der Waals surface area contributed by atoms with Crippen molar-refractivity contribution in [2.45, 2.75) is 25.9 Å². The molecule has 0 radical (unpaired) electrons. The van der Waals surface area contributed by atoms with E-state index in [9.17, 15) is 9.59 Å². The minimum Gasteiger partial charge on any atom is -0.449 e. The first-order valence-electron chi connectivity index (χ1n) is 10.3. The Morgan fingerprint density at radius 2 is 1.56 bits per heavy atom. The minimum absolute atomic E-state index is 0.0148. The molecule has 0 aliphatic heterocycles. The summed E-state index contributed by atoms with van der Waals surface area (Å²) >= 11 is 0. The zero-order valence-corrected chi connectivity index (χ0v) is 17.6. The summed E-state index contributed by atoms with van der Waals surface area (Å²) in [7, 11) is 0. The highest BCUT2D eigenvalue weighted by molar-refractivity contribution is 6.00. The molecule has 4 rings (SSSR count). The summed E-state index contributed by atoms with van der Waals surface area (Å²) < 4.78 is 10.9. The molecule has 0 aliphatic carbocycles. The number of rotatable bonds is 8. The number of aromatic nitrogens is 2. The van der Waals surface area contributed by atoms with Crippen molar-refractivity contribution in [1.82, 2.24) is 10.1 Å². The van der Waals surface area contributed by atoms with Gasteiger partial charge in [0, 0.05) is 23.1 Å². The number of aryl methyl sites for hydroxylation is 2. The predicted octanol–water partition coefficient (Wildman–Crippen LogP) is 5.15. The van der Waals surface area contributed by atoms with E-state index in [1.165, 1.54) is 0 Å². The van der Waals surface area contributed by atoms with Gasteiger partial charge in [-0.25, -0.2) is 0 Å². The van der Waals surface area contributed by atoms with Crippen LogP contribution in [0.5, 0.6) is 0 Å². The SMILES string of the molecule is Cc1ccc(-c2noc(CCC(=O)OC(C(=O)c3ccccc3)c3ccccc3)n2)cc1. The molecule has 6 nitrogen and oxygen atoms in total. The van der Waals surface area contributed by atoms with Crippen LogP contribution in [-0.4, -0.2) is 21.9 Å². The van der Waals surface area contributed by atoms with E-state index in [0.29, 0.717) is 22.8 Å². The summed E-state index contributed by atoms with van der Waals surface area (Å²) in [4.78, 5) is 30.0. The highest BCUT2D eigenvalue weighted by atomic mass is 16.5. The molecule has 4 aromatic rings. The lowest BCUT2D eigenvalue weighted by Crippen LogP contribution is -2.20. The van der Waals surface area contributed by atoms with Crippen molar-refractivity contribution in [1.29, 1.82) is 0 Å². The quantitative estimate of drug-likeness (QED) is 0.286. The van der Waals surface area contributed by atoms with E-state index in [1.54, 1.807) is 48.5 Å². The van der Waals surface area contributed by atoms with Crippen LogP contribution in [0.4, 0.5) is 0 Å². The fourth-order valence-corrected chi connectivity index (χ4v) is 3.23. The lowest BCUT2D eigenvalue weighted by atomic mass is 10.00. The maximum Gasteiger partial charge on any atom is 0.307 e. The van der Waals surface area contributed by atoms with Crippen molar-refractivity contribution in [2.24, 2.45) is 0 Å². The molecule has 32 heavy (non-hydrogen) atoms. The Morgan fingerprint density at radius 1 is 0.906 bits per heavy atom. The standard InChI is InChI=1S/C26H22N2O4/c1-18-12-14-21(15-13-18)26-27-22(32-28-26)16-17-23(29)31-25(20-10-6-3-7-11-20)24(30)19-8-4-2-5-9-19/h2-15,25H,16-17H2,1H3. The molecule has 1 aromatic heterocycles. The van der Waals surface area contributed by atoms with E-state index in [2.05, 4.69) is 10.1 Å². The average molecular weight is 426 g/mol.